The van der Waals surface area contributed by atoms with Crippen LogP contribution in [-0.4, -0.2) is 19.2 Å². The molecule has 0 unspecified atom stereocenters. The summed E-state index contributed by atoms with van der Waals surface area (Å²) >= 11 is 6.21. The summed E-state index contributed by atoms with van der Waals surface area (Å²) in [5, 5.41) is 0.635. The van der Waals surface area contributed by atoms with E-state index in [2.05, 4.69) is 4.98 Å². The van der Waals surface area contributed by atoms with Gasteiger partial charge in [-0.2, -0.15) is 0 Å². The van der Waals surface area contributed by atoms with Gasteiger partial charge in [-0.05, 0) is 23.1 Å². The van der Waals surface area contributed by atoms with Gasteiger partial charge in [0, 0.05) is 25.8 Å². The van der Waals surface area contributed by atoms with Crippen LogP contribution in [0.4, 0.5) is 0 Å². The van der Waals surface area contributed by atoms with Crippen molar-refractivity contribution in [2.45, 2.75) is 5.25 Å². The van der Waals surface area contributed by atoms with Gasteiger partial charge in [0.1, 0.15) is 5.69 Å². The fourth-order valence-electron chi connectivity index (χ4n) is 1.63. The van der Waals surface area contributed by atoms with Gasteiger partial charge in [-0.1, -0.05) is 24.3 Å². The van der Waals surface area contributed by atoms with Crippen LogP contribution in [0.15, 0.2) is 36.5 Å². The summed E-state index contributed by atoms with van der Waals surface area (Å²) in [7, 11) is 2.97. The highest BCUT2D eigenvalue weighted by molar-refractivity contribution is 6.22. The number of alkyl halides is 1. The highest BCUT2D eigenvalue weighted by atomic mass is 35.5. The molecular formula is C12H12ClNO2. The molecule has 0 saturated heterocycles. The second-order valence-corrected chi connectivity index (χ2v) is 3.82. The topological polar surface area (TPSA) is 31.4 Å². The molecule has 0 radical (unpaired) electrons. The average Bonchev–Trinajstić information content (AvgIpc) is 2.37. The van der Waals surface area contributed by atoms with Crippen LogP contribution < -0.4 is 0 Å². The Bertz CT molecular complexity index is 492. The summed E-state index contributed by atoms with van der Waals surface area (Å²) in [6.07, 6.45) is 1.69. The monoisotopic (exact) mass is 237 g/mol. The van der Waals surface area contributed by atoms with Gasteiger partial charge in [0.15, 0.2) is 0 Å². The number of hydrogen-bond donors (Lipinski definition) is 0. The third-order valence-electron chi connectivity index (χ3n) is 2.48. The van der Waals surface area contributed by atoms with Crippen LogP contribution >= 0.6 is 11.6 Å². The molecule has 0 atom stereocenters. The molecule has 0 fully saturated rings. The Balaban J connectivity index is 2.69. The minimum Gasteiger partial charge on any atom is -0.336 e. The maximum Gasteiger partial charge on any atom is 0.294 e. The molecule has 1 heterocycles. The normalized spacial score (nSPS) is 11.9. The maximum atomic E-state index is 6.21. The molecule has 3 nitrogen and oxygen atoms in total. The lowest BCUT2D eigenvalue weighted by Gasteiger charge is -2.23. The molecule has 0 amide bonds. The van der Waals surface area contributed by atoms with Gasteiger partial charge < -0.3 is 9.47 Å². The number of fused-ring (bicyclic) bond motifs is 1. The first-order valence-electron chi connectivity index (χ1n) is 4.84. The molecule has 1 aromatic carbocycles. The van der Waals surface area contributed by atoms with Gasteiger partial charge in [-0.25, -0.2) is 0 Å². The molecule has 1 aromatic heterocycles. The average molecular weight is 238 g/mol. The number of rotatable bonds is 3. The fraction of sp³-hybridized carbons (Fsp3) is 0.250. The quantitative estimate of drug-likeness (QED) is 0.608. The number of ether oxygens (including phenoxy) is 2. The number of aromatic nitrogens is 1. The first-order valence-corrected chi connectivity index (χ1v) is 5.22. The van der Waals surface area contributed by atoms with Crippen LogP contribution in [-0.2, 0) is 14.7 Å². The summed E-state index contributed by atoms with van der Waals surface area (Å²) in [6.45, 7) is 0. The summed E-state index contributed by atoms with van der Waals surface area (Å²) < 4.78 is 10.3. The Hall–Kier alpha value is -1.16. The first-order chi connectivity index (χ1) is 7.71. The minimum absolute atomic E-state index is 0.567. The smallest absolute Gasteiger partial charge is 0.294 e. The van der Waals surface area contributed by atoms with E-state index in [-0.39, 0.29) is 0 Å². The van der Waals surface area contributed by atoms with E-state index >= 15 is 0 Å². The molecule has 2 rings (SSSR count). The van der Waals surface area contributed by atoms with Gasteiger partial charge in [-0.15, -0.1) is 0 Å². The standard InChI is InChI=1S/C12H12ClNO2/c1-15-12(13,16-2)11-10-6-4-3-5-9(10)7-8-14-11/h3-8H,1-2H3. The van der Waals surface area contributed by atoms with E-state index < -0.39 is 5.25 Å². The second-order valence-electron chi connectivity index (χ2n) is 3.33. The molecular weight excluding hydrogens is 226 g/mol. The van der Waals surface area contributed by atoms with Gasteiger partial charge in [0.2, 0.25) is 0 Å². The predicted molar refractivity (Wildman–Crippen MR) is 63.3 cm³/mol. The van der Waals surface area contributed by atoms with Gasteiger partial charge in [0.25, 0.3) is 5.25 Å². The first kappa shape index (κ1) is 11.3. The molecule has 16 heavy (non-hydrogen) atoms. The SMILES string of the molecule is COC(Cl)(OC)c1nccc2ccccc12. The van der Waals surface area contributed by atoms with Crippen LogP contribution in [0.25, 0.3) is 10.8 Å². The lowest BCUT2D eigenvalue weighted by Crippen LogP contribution is -2.25. The highest BCUT2D eigenvalue weighted by Gasteiger charge is 2.32. The number of pyridine rings is 1. The zero-order valence-corrected chi connectivity index (χ0v) is 9.86. The Morgan fingerprint density at radius 1 is 1.12 bits per heavy atom. The van der Waals surface area contributed by atoms with Crippen molar-refractivity contribution in [3.63, 3.8) is 0 Å². The number of methoxy groups -OCH3 is 2. The van der Waals surface area contributed by atoms with E-state index in [1.165, 1.54) is 14.2 Å². The van der Waals surface area contributed by atoms with E-state index in [4.69, 9.17) is 21.1 Å². The zero-order valence-electron chi connectivity index (χ0n) is 9.11. The van der Waals surface area contributed by atoms with Crippen LogP contribution in [0, 0.1) is 0 Å². The largest absolute Gasteiger partial charge is 0.336 e. The lowest BCUT2D eigenvalue weighted by molar-refractivity contribution is -0.149. The second kappa shape index (κ2) is 4.37. The number of hydrogen-bond acceptors (Lipinski definition) is 3. The molecule has 4 heteroatoms. The van der Waals surface area contributed by atoms with E-state index in [1.54, 1.807) is 6.20 Å². The van der Waals surface area contributed by atoms with E-state index in [0.717, 1.165) is 10.8 Å². The molecule has 0 saturated carbocycles. The van der Waals surface area contributed by atoms with Crippen molar-refractivity contribution < 1.29 is 9.47 Å². The summed E-state index contributed by atoms with van der Waals surface area (Å²) in [4.78, 5) is 4.24. The predicted octanol–water partition coefficient (Wildman–Crippen LogP) is 2.88. The Labute approximate surface area is 99.0 Å². The fourth-order valence-corrected chi connectivity index (χ4v) is 1.78. The molecule has 0 aliphatic heterocycles. The minimum atomic E-state index is -1.33. The van der Waals surface area contributed by atoms with Gasteiger partial charge in [-0.3, -0.25) is 4.98 Å². The van der Waals surface area contributed by atoms with E-state index in [1.807, 2.05) is 30.3 Å². The van der Waals surface area contributed by atoms with Gasteiger partial charge >= 0.3 is 0 Å². The highest BCUT2D eigenvalue weighted by Crippen LogP contribution is 2.33. The van der Waals surface area contributed by atoms with Crippen molar-refractivity contribution in [1.29, 1.82) is 0 Å². The maximum absolute atomic E-state index is 6.21. The Morgan fingerprint density at radius 3 is 2.50 bits per heavy atom. The van der Waals surface area contributed by atoms with Crippen LogP contribution in [0.2, 0.25) is 0 Å². The van der Waals surface area contributed by atoms with Crippen molar-refractivity contribution in [1.82, 2.24) is 4.98 Å². The molecule has 0 aliphatic carbocycles. The van der Waals surface area contributed by atoms with Crippen molar-refractivity contribution in [3.8, 4) is 0 Å². The lowest BCUT2D eigenvalue weighted by atomic mass is 10.1. The molecule has 2 aromatic rings. The number of benzene rings is 1. The number of halogens is 1. The molecule has 0 spiro atoms. The summed E-state index contributed by atoms with van der Waals surface area (Å²) in [5.41, 5.74) is 0.567. The zero-order chi connectivity index (χ0) is 11.6. The van der Waals surface area contributed by atoms with Crippen LogP contribution in [0.1, 0.15) is 5.69 Å². The summed E-state index contributed by atoms with van der Waals surface area (Å²) in [6, 6.07) is 9.73. The van der Waals surface area contributed by atoms with Gasteiger partial charge in [0.05, 0.1) is 0 Å². The van der Waals surface area contributed by atoms with Crippen molar-refractivity contribution in [2.75, 3.05) is 14.2 Å². The third-order valence-corrected chi connectivity index (χ3v) is 2.97. The van der Waals surface area contributed by atoms with Crippen molar-refractivity contribution in [3.05, 3.63) is 42.2 Å². The molecule has 0 aliphatic rings. The Kier molecular flexibility index (Phi) is 3.10. The molecule has 0 N–H and O–H groups in total. The van der Waals surface area contributed by atoms with Crippen LogP contribution in [0.3, 0.4) is 0 Å². The molecule has 0 bridgehead atoms. The Morgan fingerprint density at radius 2 is 1.81 bits per heavy atom. The third kappa shape index (κ3) is 1.78. The van der Waals surface area contributed by atoms with E-state index in [9.17, 15) is 0 Å². The van der Waals surface area contributed by atoms with Crippen LogP contribution in [0.5, 0.6) is 0 Å². The van der Waals surface area contributed by atoms with E-state index in [0.29, 0.717) is 5.69 Å². The number of nitrogens with zero attached hydrogens (tertiary/aromatic N) is 1. The van der Waals surface area contributed by atoms with Crippen molar-refractivity contribution in [2.24, 2.45) is 0 Å². The molecule has 84 valence electrons. The van der Waals surface area contributed by atoms with Crippen molar-refractivity contribution >= 4 is 22.4 Å². The summed E-state index contributed by atoms with van der Waals surface area (Å²) in [5.74, 6) is 0.